The van der Waals surface area contributed by atoms with Crippen LogP contribution in [0.25, 0.3) is 5.69 Å². The Bertz CT molecular complexity index is 952. The highest BCUT2D eigenvalue weighted by atomic mass is 16.3. The lowest BCUT2D eigenvalue weighted by molar-refractivity contribution is 0.159. The second-order valence-electron chi connectivity index (χ2n) is 6.52. The van der Waals surface area contributed by atoms with Gasteiger partial charge in [-0.25, -0.2) is 9.36 Å². The number of aromatic amines is 1. The van der Waals surface area contributed by atoms with Gasteiger partial charge in [0.1, 0.15) is 5.56 Å². The van der Waals surface area contributed by atoms with Crippen molar-refractivity contribution in [3.8, 4) is 11.6 Å². The van der Waals surface area contributed by atoms with Gasteiger partial charge in [-0.05, 0) is 32.5 Å². The second-order valence-corrected chi connectivity index (χ2v) is 6.52. The number of para-hydroxylation sites is 1. The van der Waals surface area contributed by atoms with Crippen molar-refractivity contribution in [3.63, 3.8) is 0 Å². The SMILES string of the molecule is C/C(=N\N1CCN(C)CC1)c1c(O)n(-c2ccccc2C)c(=O)[nH]c1=O. The van der Waals surface area contributed by atoms with Gasteiger partial charge in [0.25, 0.3) is 5.56 Å². The molecule has 0 unspecified atom stereocenters. The third-order valence-corrected chi connectivity index (χ3v) is 4.58. The van der Waals surface area contributed by atoms with Crippen molar-refractivity contribution in [2.24, 2.45) is 5.10 Å². The Morgan fingerprint density at radius 2 is 1.81 bits per heavy atom. The van der Waals surface area contributed by atoms with E-state index in [1.165, 1.54) is 0 Å². The number of piperazine rings is 1. The number of hydrogen-bond donors (Lipinski definition) is 2. The fraction of sp³-hybridized carbons (Fsp3) is 0.389. The minimum atomic E-state index is -0.682. The van der Waals surface area contributed by atoms with Crippen LogP contribution in [0.15, 0.2) is 39.0 Å². The molecule has 138 valence electrons. The van der Waals surface area contributed by atoms with Crippen LogP contribution in [0.2, 0.25) is 0 Å². The van der Waals surface area contributed by atoms with E-state index < -0.39 is 17.1 Å². The van der Waals surface area contributed by atoms with Crippen LogP contribution in [0.4, 0.5) is 0 Å². The van der Waals surface area contributed by atoms with Crippen LogP contribution >= 0.6 is 0 Å². The summed E-state index contributed by atoms with van der Waals surface area (Å²) >= 11 is 0. The summed E-state index contributed by atoms with van der Waals surface area (Å²) in [6, 6.07) is 7.15. The highest BCUT2D eigenvalue weighted by Crippen LogP contribution is 2.20. The van der Waals surface area contributed by atoms with E-state index in [4.69, 9.17) is 0 Å². The number of nitrogens with one attached hydrogen (secondary N) is 1. The summed E-state index contributed by atoms with van der Waals surface area (Å²) in [5, 5.41) is 17.1. The molecule has 2 heterocycles. The molecule has 1 aliphatic heterocycles. The van der Waals surface area contributed by atoms with Crippen molar-refractivity contribution in [1.29, 1.82) is 0 Å². The summed E-state index contributed by atoms with van der Waals surface area (Å²) in [6.45, 7) is 6.73. The maximum Gasteiger partial charge on any atom is 0.335 e. The van der Waals surface area contributed by atoms with Crippen LogP contribution in [-0.2, 0) is 0 Å². The Morgan fingerprint density at radius 1 is 1.15 bits per heavy atom. The number of likely N-dealkylation sites (N-methyl/N-ethyl adjacent to an activating group) is 1. The van der Waals surface area contributed by atoms with Crippen molar-refractivity contribution in [2.45, 2.75) is 13.8 Å². The van der Waals surface area contributed by atoms with Crippen LogP contribution in [0, 0.1) is 6.92 Å². The molecule has 1 aliphatic rings. The molecule has 8 heteroatoms. The Labute approximate surface area is 151 Å². The Morgan fingerprint density at radius 3 is 2.46 bits per heavy atom. The largest absolute Gasteiger partial charge is 0.493 e. The molecule has 8 nitrogen and oxygen atoms in total. The Balaban J connectivity index is 2.08. The third kappa shape index (κ3) is 3.41. The smallest absolute Gasteiger partial charge is 0.335 e. The van der Waals surface area contributed by atoms with E-state index in [1.54, 1.807) is 19.1 Å². The topological polar surface area (TPSA) is 93.9 Å². The monoisotopic (exact) mass is 357 g/mol. The van der Waals surface area contributed by atoms with E-state index in [9.17, 15) is 14.7 Å². The van der Waals surface area contributed by atoms with Gasteiger partial charge in [-0.3, -0.25) is 14.8 Å². The molecular formula is C18H23N5O3. The zero-order valence-corrected chi connectivity index (χ0v) is 15.2. The van der Waals surface area contributed by atoms with Crippen LogP contribution in [0.5, 0.6) is 5.88 Å². The summed E-state index contributed by atoms with van der Waals surface area (Å²) in [5.41, 5.74) is 0.365. The molecule has 0 saturated carbocycles. The summed E-state index contributed by atoms with van der Waals surface area (Å²) in [7, 11) is 2.04. The standard InChI is InChI=1S/C18H23N5O3/c1-12-6-4-5-7-14(12)23-17(25)15(16(24)19-18(23)26)13(2)20-22-10-8-21(3)9-11-22/h4-7,25H,8-11H2,1-3H3,(H,19,24,26)/b20-13+. The van der Waals surface area contributed by atoms with Gasteiger partial charge >= 0.3 is 5.69 Å². The molecule has 0 spiro atoms. The fourth-order valence-electron chi connectivity index (χ4n) is 3.05. The zero-order valence-electron chi connectivity index (χ0n) is 15.2. The molecule has 26 heavy (non-hydrogen) atoms. The molecule has 3 rings (SSSR count). The number of aryl methyl sites for hydroxylation is 1. The van der Waals surface area contributed by atoms with Gasteiger partial charge in [0.15, 0.2) is 0 Å². The van der Waals surface area contributed by atoms with Gasteiger partial charge in [0.2, 0.25) is 5.88 Å². The minimum Gasteiger partial charge on any atom is -0.493 e. The average Bonchev–Trinajstić information content (AvgIpc) is 2.58. The van der Waals surface area contributed by atoms with E-state index in [0.29, 0.717) is 11.4 Å². The molecular weight excluding hydrogens is 334 g/mol. The van der Waals surface area contributed by atoms with Crippen LogP contribution < -0.4 is 11.2 Å². The molecule has 0 amide bonds. The second kappa shape index (κ2) is 7.17. The molecule has 1 fully saturated rings. The summed E-state index contributed by atoms with van der Waals surface area (Å²) < 4.78 is 1.11. The summed E-state index contributed by atoms with van der Waals surface area (Å²) in [5.74, 6) is -0.400. The van der Waals surface area contributed by atoms with Gasteiger partial charge in [0, 0.05) is 26.2 Å². The van der Waals surface area contributed by atoms with E-state index >= 15 is 0 Å². The maximum absolute atomic E-state index is 12.3. The minimum absolute atomic E-state index is 0.00628. The van der Waals surface area contributed by atoms with E-state index in [1.807, 2.05) is 31.1 Å². The summed E-state index contributed by atoms with van der Waals surface area (Å²) in [6.07, 6.45) is 0. The molecule has 0 bridgehead atoms. The molecule has 0 atom stereocenters. The number of aromatic nitrogens is 2. The number of nitrogens with zero attached hydrogens (tertiary/aromatic N) is 4. The van der Waals surface area contributed by atoms with E-state index in [-0.39, 0.29) is 5.56 Å². The molecule has 0 aliphatic carbocycles. The number of hydrogen-bond acceptors (Lipinski definition) is 6. The Hall–Kier alpha value is -2.87. The predicted molar refractivity (Wildman–Crippen MR) is 100 cm³/mol. The van der Waals surface area contributed by atoms with Crippen molar-refractivity contribution >= 4 is 5.71 Å². The van der Waals surface area contributed by atoms with Gasteiger partial charge in [-0.15, -0.1) is 0 Å². The first-order valence-electron chi connectivity index (χ1n) is 8.52. The molecule has 0 radical (unpaired) electrons. The Kier molecular flexibility index (Phi) is 4.94. The molecule has 1 saturated heterocycles. The lowest BCUT2D eigenvalue weighted by Crippen LogP contribution is -2.42. The van der Waals surface area contributed by atoms with Gasteiger partial charge < -0.3 is 10.0 Å². The number of rotatable bonds is 3. The van der Waals surface area contributed by atoms with Crippen LogP contribution in [0.3, 0.4) is 0 Å². The number of aromatic hydroxyl groups is 1. The first-order valence-corrected chi connectivity index (χ1v) is 8.52. The van der Waals surface area contributed by atoms with Crippen LogP contribution in [0.1, 0.15) is 18.1 Å². The third-order valence-electron chi connectivity index (χ3n) is 4.58. The van der Waals surface area contributed by atoms with Gasteiger partial charge in [0.05, 0.1) is 11.4 Å². The van der Waals surface area contributed by atoms with E-state index in [2.05, 4.69) is 15.0 Å². The molecule has 1 aromatic heterocycles. The normalized spacial score (nSPS) is 16.1. The first kappa shape index (κ1) is 17.9. The van der Waals surface area contributed by atoms with Crippen molar-refractivity contribution in [1.82, 2.24) is 19.5 Å². The molecule has 2 N–H and O–H groups in total. The van der Waals surface area contributed by atoms with Crippen LogP contribution in [-0.4, -0.2) is 63.5 Å². The number of H-pyrrole nitrogens is 1. The average molecular weight is 357 g/mol. The van der Waals surface area contributed by atoms with Gasteiger partial charge in [-0.1, -0.05) is 18.2 Å². The molecule has 1 aromatic carbocycles. The highest BCUT2D eigenvalue weighted by molar-refractivity contribution is 6.00. The van der Waals surface area contributed by atoms with Gasteiger partial charge in [-0.2, -0.15) is 5.10 Å². The van der Waals surface area contributed by atoms with E-state index in [0.717, 1.165) is 36.3 Å². The first-order chi connectivity index (χ1) is 12.4. The van der Waals surface area contributed by atoms with Crippen molar-refractivity contribution in [2.75, 3.05) is 33.2 Å². The van der Waals surface area contributed by atoms with Crippen molar-refractivity contribution in [3.05, 3.63) is 56.2 Å². The maximum atomic E-state index is 12.3. The lowest BCUT2D eigenvalue weighted by atomic mass is 10.1. The molecule has 2 aromatic rings. The number of benzene rings is 1. The zero-order chi connectivity index (χ0) is 18.8. The summed E-state index contributed by atoms with van der Waals surface area (Å²) in [4.78, 5) is 29.1. The predicted octanol–water partition coefficient (Wildman–Crippen LogP) is 0.511. The fourth-order valence-corrected chi connectivity index (χ4v) is 3.05. The number of hydrazone groups is 1. The quantitative estimate of drug-likeness (QED) is 0.781. The van der Waals surface area contributed by atoms with Crippen molar-refractivity contribution < 1.29 is 5.11 Å². The highest BCUT2D eigenvalue weighted by Gasteiger charge is 2.20. The lowest BCUT2D eigenvalue weighted by Gasteiger charge is -2.30.